The third kappa shape index (κ3) is 5.71. The van der Waals surface area contributed by atoms with Gasteiger partial charge in [0.2, 0.25) is 0 Å². The number of nitrogens with zero attached hydrogens (tertiary/aromatic N) is 2. The highest BCUT2D eigenvalue weighted by molar-refractivity contribution is 8.18. The normalized spacial score (nSPS) is 14.6. The van der Waals surface area contributed by atoms with Crippen LogP contribution >= 0.6 is 11.8 Å². The Kier molecular flexibility index (Phi) is 7.39. The molecule has 4 rings (SSSR count). The number of amides is 2. The van der Waals surface area contributed by atoms with Crippen LogP contribution in [0.5, 0.6) is 5.75 Å². The van der Waals surface area contributed by atoms with E-state index in [1.54, 1.807) is 36.4 Å². The Morgan fingerprint density at radius 3 is 2.47 bits per heavy atom. The zero-order valence-corrected chi connectivity index (χ0v) is 19.1. The smallest absolute Gasteiger partial charge is 0.293 e. The third-order valence-corrected chi connectivity index (χ3v) is 6.19. The van der Waals surface area contributed by atoms with Gasteiger partial charge in [-0.1, -0.05) is 60.7 Å². The molecule has 34 heavy (non-hydrogen) atoms. The molecule has 0 aromatic heterocycles. The van der Waals surface area contributed by atoms with Gasteiger partial charge in [-0.05, 0) is 47.9 Å². The van der Waals surface area contributed by atoms with E-state index < -0.39 is 4.92 Å². The summed E-state index contributed by atoms with van der Waals surface area (Å²) in [7, 11) is 0. The molecule has 0 bridgehead atoms. The number of ether oxygens (including phenoxy) is 1. The average molecular weight is 475 g/mol. The lowest BCUT2D eigenvalue weighted by Gasteiger charge is -2.12. The van der Waals surface area contributed by atoms with E-state index in [4.69, 9.17) is 4.74 Å². The molecule has 7 nitrogen and oxygen atoms in total. The number of carbonyl (C=O) groups excluding carboxylic acids is 2. The van der Waals surface area contributed by atoms with Gasteiger partial charge < -0.3 is 4.74 Å². The van der Waals surface area contributed by atoms with Gasteiger partial charge in [0.25, 0.3) is 16.8 Å². The van der Waals surface area contributed by atoms with E-state index in [0.29, 0.717) is 34.7 Å². The van der Waals surface area contributed by atoms with Crippen molar-refractivity contribution in [2.75, 3.05) is 6.54 Å². The minimum atomic E-state index is -0.451. The number of nitro benzene ring substituents is 1. The van der Waals surface area contributed by atoms with E-state index in [2.05, 4.69) is 0 Å². The molecule has 0 radical (unpaired) electrons. The number of para-hydroxylation sites is 1. The number of benzene rings is 3. The lowest BCUT2D eigenvalue weighted by Crippen LogP contribution is -2.29. The Balaban J connectivity index is 1.42. The first-order valence-corrected chi connectivity index (χ1v) is 11.6. The second kappa shape index (κ2) is 10.8. The monoisotopic (exact) mass is 474 g/mol. The standard InChI is InChI=1S/C26H22N2O5S/c29-25-24(34-26(30)27(25)15-7-11-19-8-2-1-3-9-19)17-21-12-4-5-14-23(21)33-18-20-10-6-13-22(16-20)28(31)32/h1-6,8-10,12-14,16-17H,7,11,15,18H2/b24-17+. The molecular formula is C26H22N2O5S. The molecule has 0 atom stereocenters. The lowest BCUT2D eigenvalue weighted by atomic mass is 10.1. The summed E-state index contributed by atoms with van der Waals surface area (Å²) in [5, 5.41) is 10.7. The number of hydrogen-bond donors (Lipinski definition) is 0. The van der Waals surface area contributed by atoms with Crippen molar-refractivity contribution < 1.29 is 19.2 Å². The number of rotatable bonds is 9. The number of nitro groups is 1. The summed E-state index contributed by atoms with van der Waals surface area (Å²) in [4.78, 5) is 37.5. The van der Waals surface area contributed by atoms with Crippen LogP contribution in [0.2, 0.25) is 0 Å². The van der Waals surface area contributed by atoms with Crippen molar-refractivity contribution in [3.05, 3.63) is 111 Å². The maximum absolute atomic E-state index is 12.9. The van der Waals surface area contributed by atoms with Gasteiger partial charge in [0.1, 0.15) is 12.4 Å². The van der Waals surface area contributed by atoms with Gasteiger partial charge >= 0.3 is 0 Å². The number of carbonyl (C=O) groups is 2. The molecule has 172 valence electrons. The van der Waals surface area contributed by atoms with Gasteiger partial charge in [0.05, 0.1) is 9.83 Å². The molecule has 1 aliphatic heterocycles. The van der Waals surface area contributed by atoms with Crippen LogP contribution in [0.3, 0.4) is 0 Å². The zero-order valence-electron chi connectivity index (χ0n) is 18.3. The molecule has 1 fully saturated rings. The topological polar surface area (TPSA) is 89.7 Å². The maximum Gasteiger partial charge on any atom is 0.293 e. The van der Waals surface area contributed by atoms with Crippen LogP contribution < -0.4 is 4.74 Å². The number of imide groups is 1. The predicted octanol–water partition coefficient (Wildman–Crippen LogP) is 5.84. The number of hydrogen-bond acceptors (Lipinski definition) is 6. The zero-order chi connectivity index (χ0) is 23.9. The Labute approximate surface area is 201 Å². The summed E-state index contributed by atoms with van der Waals surface area (Å²) < 4.78 is 5.88. The van der Waals surface area contributed by atoms with E-state index in [1.807, 2.05) is 36.4 Å². The highest BCUT2D eigenvalue weighted by Crippen LogP contribution is 2.34. The second-order valence-corrected chi connectivity index (χ2v) is 8.67. The summed E-state index contributed by atoms with van der Waals surface area (Å²) in [6.45, 7) is 0.495. The Morgan fingerprint density at radius 1 is 0.941 bits per heavy atom. The third-order valence-electron chi connectivity index (χ3n) is 5.28. The summed E-state index contributed by atoms with van der Waals surface area (Å²) in [5.41, 5.74) is 2.47. The largest absolute Gasteiger partial charge is 0.488 e. The molecule has 2 amide bonds. The Morgan fingerprint density at radius 2 is 1.68 bits per heavy atom. The first kappa shape index (κ1) is 23.3. The maximum atomic E-state index is 12.9. The van der Waals surface area contributed by atoms with Crippen molar-refractivity contribution in [3.8, 4) is 5.75 Å². The molecule has 8 heteroatoms. The molecule has 0 spiro atoms. The fourth-order valence-corrected chi connectivity index (χ4v) is 4.43. The number of thioether (sulfide) groups is 1. The van der Waals surface area contributed by atoms with E-state index in [-0.39, 0.29) is 23.4 Å². The van der Waals surface area contributed by atoms with Crippen molar-refractivity contribution in [2.24, 2.45) is 0 Å². The first-order chi connectivity index (χ1) is 16.5. The average Bonchev–Trinajstić information content (AvgIpc) is 3.11. The highest BCUT2D eigenvalue weighted by Gasteiger charge is 2.34. The van der Waals surface area contributed by atoms with Crippen molar-refractivity contribution in [2.45, 2.75) is 19.4 Å². The first-order valence-electron chi connectivity index (χ1n) is 10.8. The van der Waals surface area contributed by atoms with Gasteiger partial charge in [-0.3, -0.25) is 24.6 Å². The molecule has 0 saturated carbocycles. The molecule has 0 unspecified atom stereocenters. The molecule has 0 aliphatic carbocycles. The van der Waals surface area contributed by atoms with Crippen molar-refractivity contribution in [3.63, 3.8) is 0 Å². The van der Waals surface area contributed by atoms with Gasteiger partial charge in [0, 0.05) is 24.2 Å². The molecule has 3 aromatic rings. The summed E-state index contributed by atoms with van der Waals surface area (Å²) in [6.07, 6.45) is 3.14. The molecule has 1 heterocycles. The second-order valence-electron chi connectivity index (χ2n) is 7.68. The van der Waals surface area contributed by atoms with Crippen molar-refractivity contribution >= 4 is 34.7 Å². The predicted molar refractivity (Wildman–Crippen MR) is 131 cm³/mol. The van der Waals surface area contributed by atoms with E-state index in [0.717, 1.165) is 18.2 Å². The highest BCUT2D eigenvalue weighted by atomic mass is 32.2. The lowest BCUT2D eigenvalue weighted by molar-refractivity contribution is -0.384. The Bertz CT molecular complexity index is 1240. The van der Waals surface area contributed by atoms with Crippen LogP contribution in [-0.2, 0) is 17.8 Å². The van der Waals surface area contributed by atoms with Gasteiger partial charge in [-0.25, -0.2) is 0 Å². The van der Waals surface area contributed by atoms with Crippen LogP contribution in [0.15, 0.2) is 83.8 Å². The minimum Gasteiger partial charge on any atom is -0.488 e. The number of aryl methyl sites for hydroxylation is 1. The quantitative estimate of drug-likeness (QED) is 0.220. The van der Waals surface area contributed by atoms with Crippen LogP contribution in [0, 0.1) is 10.1 Å². The molecule has 0 N–H and O–H groups in total. The van der Waals surface area contributed by atoms with Gasteiger partial charge in [-0.2, -0.15) is 0 Å². The van der Waals surface area contributed by atoms with Crippen LogP contribution in [0.4, 0.5) is 10.5 Å². The van der Waals surface area contributed by atoms with Crippen LogP contribution in [0.25, 0.3) is 6.08 Å². The molecular weight excluding hydrogens is 452 g/mol. The molecule has 3 aromatic carbocycles. The molecule has 1 aliphatic rings. The fourth-order valence-electron chi connectivity index (χ4n) is 3.57. The SMILES string of the molecule is O=C1S/C(=C/c2ccccc2OCc2cccc([N+](=O)[O-])c2)C(=O)N1CCCc1ccccc1. The molecule has 1 saturated heterocycles. The van der Waals surface area contributed by atoms with E-state index in [1.165, 1.54) is 22.6 Å². The van der Waals surface area contributed by atoms with E-state index >= 15 is 0 Å². The minimum absolute atomic E-state index is 0.00433. The Hall–Kier alpha value is -3.91. The van der Waals surface area contributed by atoms with Crippen molar-refractivity contribution in [1.29, 1.82) is 0 Å². The van der Waals surface area contributed by atoms with Crippen LogP contribution in [0.1, 0.15) is 23.1 Å². The van der Waals surface area contributed by atoms with Gasteiger partial charge in [-0.15, -0.1) is 0 Å². The summed E-state index contributed by atoms with van der Waals surface area (Å²) >= 11 is 0.919. The van der Waals surface area contributed by atoms with Crippen LogP contribution in [-0.4, -0.2) is 27.5 Å². The summed E-state index contributed by atoms with van der Waals surface area (Å²) in [5.74, 6) is 0.210. The van der Waals surface area contributed by atoms with Crippen molar-refractivity contribution in [1.82, 2.24) is 4.90 Å². The summed E-state index contributed by atoms with van der Waals surface area (Å²) in [6, 6.07) is 23.4. The van der Waals surface area contributed by atoms with E-state index in [9.17, 15) is 19.7 Å². The number of non-ortho nitro benzene ring substituents is 1. The van der Waals surface area contributed by atoms with Gasteiger partial charge in [0.15, 0.2) is 0 Å². The fraction of sp³-hybridized carbons (Fsp3) is 0.154.